The molecule has 0 unspecified atom stereocenters. The van der Waals surface area contributed by atoms with Gasteiger partial charge in [0.05, 0.1) is 0 Å². The third kappa shape index (κ3) is 5.81. The predicted molar refractivity (Wildman–Crippen MR) is 108 cm³/mol. The maximum atomic E-state index is 14.6. The molecule has 0 aliphatic carbocycles. The van der Waals surface area contributed by atoms with Crippen molar-refractivity contribution in [3.05, 3.63) is 57.4 Å². The molecule has 31 heavy (non-hydrogen) atoms. The molecule has 2 rings (SSSR count). The zero-order valence-corrected chi connectivity index (χ0v) is 18.7. The number of methoxy groups -OCH3 is 1. The molecule has 0 fully saturated rings. The van der Waals surface area contributed by atoms with E-state index in [0.717, 1.165) is 17.2 Å². The van der Waals surface area contributed by atoms with Crippen LogP contribution in [-0.2, 0) is 21.3 Å². The largest absolute Gasteiger partial charge is 0.534 e. The summed E-state index contributed by atoms with van der Waals surface area (Å²) in [4.78, 5) is 0. The third-order valence-corrected chi connectivity index (χ3v) is 5.74. The van der Waals surface area contributed by atoms with Crippen molar-refractivity contribution in [3.63, 3.8) is 0 Å². The van der Waals surface area contributed by atoms with Gasteiger partial charge in [0.1, 0.15) is 5.75 Å². The number of hydrogen-bond donors (Lipinski definition) is 0. The maximum absolute atomic E-state index is 14.6. The van der Waals surface area contributed by atoms with Gasteiger partial charge in [-0.05, 0) is 47.6 Å². The summed E-state index contributed by atoms with van der Waals surface area (Å²) in [6, 6.07) is 6.05. The van der Waals surface area contributed by atoms with Crippen LogP contribution in [0.5, 0.6) is 11.5 Å². The van der Waals surface area contributed by atoms with E-state index in [2.05, 4.69) is 4.18 Å². The first-order valence-electron chi connectivity index (χ1n) is 9.01. The Balaban J connectivity index is 2.41. The van der Waals surface area contributed by atoms with Crippen molar-refractivity contribution in [1.82, 2.24) is 0 Å². The Morgan fingerprint density at radius 2 is 1.77 bits per heavy atom. The van der Waals surface area contributed by atoms with E-state index in [4.69, 9.17) is 21.1 Å². The fourth-order valence-electron chi connectivity index (χ4n) is 2.82. The second-order valence-electron chi connectivity index (χ2n) is 7.01. The van der Waals surface area contributed by atoms with Crippen molar-refractivity contribution in [1.29, 1.82) is 0 Å². The summed E-state index contributed by atoms with van der Waals surface area (Å²) in [5, 5.41) is -0.128. The molecule has 0 N–H and O–H groups in total. The lowest BCUT2D eigenvalue weighted by Gasteiger charge is -2.17. The molecule has 172 valence electrons. The van der Waals surface area contributed by atoms with E-state index in [0.29, 0.717) is 5.75 Å². The summed E-state index contributed by atoms with van der Waals surface area (Å²) in [7, 11) is -4.53. The summed E-state index contributed by atoms with van der Waals surface area (Å²) < 4.78 is 89.0. The smallest absolute Gasteiger partial charge is 0.467 e. The molecule has 0 aliphatic heterocycles. The molecule has 0 heterocycles. The fraction of sp³-hybridized carbons (Fsp3) is 0.400. The second-order valence-corrected chi connectivity index (χ2v) is 8.96. The Bertz CT molecular complexity index is 1050. The van der Waals surface area contributed by atoms with Gasteiger partial charge in [-0.2, -0.15) is 21.6 Å². The SMILES string of the molecule is COCOc1ccc(Cc2c(Cl)cc(OS(=O)(=O)C(F)(F)F)c(F)c2C)cc1C(C)C. The molecule has 0 aromatic heterocycles. The Labute approximate surface area is 183 Å². The Kier molecular flexibility index (Phi) is 7.83. The van der Waals surface area contributed by atoms with Gasteiger partial charge in [-0.15, -0.1) is 0 Å². The monoisotopic (exact) mass is 484 g/mol. The number of rotatable bonds is 8. The van der Waals surface area contributed by atoms with Gasteiger partial charge in [0, 0.05) is 18.2 Å². The molecule has 0 saturated heterocycles. The second kappa shape index (κ2) is 9.62. The molecule has 2 aromatic rings. The molecule has 0 bridgehead atoms. The van der Waals surface area contributed by atoms with E-state index >= 15 is 0 Å². The van der Waals surface area contributed by atoms with Crippen LogP contribution >= 0.6 is 11.6 Å². The van der Waals surface area contributed by atoms with Crippen molar-refractivity contribution in [2.24, 2.45) is 0 Å². The first-order chi connectivity index (χ1) is 14.3. The van der Waals surface area contributed by atoms with Crippen LogP contribution in [-0.4, -0.2) is 27.8 Å². The van der Waals surface area contributed by atoms with Gasteiger partial charge in [0.15, 0.2) is 18.4 Å². The maximum Gasteiger partial charge on any atom is 0.534 e. The van der Waals surface area contributed by atoms with Gasteiger partial charge in [-0.3, -0.25) is 0 Å². The highest BCUT2D eigenvalue weighted by Crippen LogP contribution is 2.36. The summed E-state index contributed by atoms with van der Waals surface area (Å²) in [6.07, 6.45) is 0.151. The molecule has 0 spiro atoms. The highest BCUT2D eigenvalue weighted by molar-refractivity contribution is 7.88. The Hall–Kier alpha value is -2.04. The number of ether oxygens (including phenoxy) is 2. The summed E-state index contributed by atoms with van der Waals surface area (Å²) in [5.74, 6) is -1.63. The lowest BCUT2D eigenvalue weighted by atomic mass is 9.95. The molecule has 0 saturated carbocycles. The van der Waals surface area contributed by atoms with Crippen LogP contribution in [0.3, 0.4) is 0 Å². The molecule has 0 atom stereocenters. The minimum Gasteiger partial charge on any atom is -0.467 e. The Morgan fingerprint density at radius 3 is 2.32 bits per heavy atom. The van der Waals surface area contributed by atoms with Crippen molar-refractivity contribution >= 4 is 21.7 Å². The molecule has 0 amide bonds. The van der Waals surface area contributed by atoms with Crippen LogP contribution in [0.25, 0.3) is 0 Å². The van der Waals surface area contributed by atoms with Crippen molar-refractivity contribution in [2.75, 3.05) is 13.9 Å². The van der Waals surface area contributed by atoms with Gasteiger partial charge in [-0.1, -0.05) is 37.6 Å². The first kappa shape index (κ1) is 25.2. The van der Waals surface area contributed by atoms with Crippen molar-refractivity contribution in [3.8, 4) is 11.5 Å². The number of halogens is 5. The average molecular weight is 485 g/mol. The summed E-state index contributed by atoms with van der Waals surface area (Å²) >= 11 is 6.14. The topological polar surface area (TPSA) is 61.8 Å². The van der Waals surface area contributed by atoms with Crippen molar-refractivity contribution in [2.45, 2.75) is 38.6 Å². The minimum atomic E-state index is -6.03. The standard InChI is InChI=1S/C20H21ClF4O5S/c1-11(2)14-7-13(5-6-17(14)29-10-28-4)8-15-12(3)19(22)18(9-16(15)21)30-31(26,27)20(23,24)25/h5-7,9,11H,8,10H2,1-4H3. The van der Waals surface area contributed by atoms with Gasteiger partial charge in [0.2, 0.25) is 0 Å². The first-order valence-corrected chi connectivity index (χ1v) is 10.8. The van der Waals surface area contributed by atoms with E-state index in [9.17, 15) is 26.0 Å². The summed E-state index contributed by atoms with van der Waals surface area (Å²) in [5.41, 5.74) is -3.91. The van der Waals surface area contributed by atoms with Crippen LogP contribution in [0, 0.1) is 12.7 Å². The van der Waals surface area contributed by atoms with Gasteiger partial charge in [-0.25, -0.2) is 4.39 Å². The number of hydrogen-bond acceptors (Lipinski definition) is 5. The number of benzene rings is 2. The van der Waals surface area contributed by atoms with Crippen LogP contribution in [0.15, 0.2) is 24.3 Å². The zero-order chi connectivity index (χ0) is 23.6. The number of alkyl halides is 3. The van der Waals surface area contributed by atoms with Crippen LogP contribution in [0.1, 0.15) is 42.0 Å². The Morgan fingerprint density at radius 1 is 1.13 bits per heavy atom. The zero-order valence-electron chi connectivity index (χ0n) is 17.1. The van der Waals surface area contributed by atoms with Crippen molar-refractivity contribution < 1.29 is 39.6 Å². The van der Waals surface area contributed by atoms with E-state index < -0.39 is 27.2 Å². The fourth-order valence-corrected chi connectivity index (χ4v) is 3.58. The van der Waals surface area contributed by atoms with Gasteiger partial charge >= 0.3 is 15.6 Å². The lowest BCUT2D eigenvalue weighted by molar-refractivity contribution is -0.0501. The summed E-state index contributed by atoms with van der Waals surface area (Å²) in [6.45, 7) is 5.27. The highest BCUT2D eigenvalue weighted by atomic mass is 35.5. The molecular formula is C20H21ClF4O5S. The van der Waals surface area contributed by atoms with E-state index in [1.807, 2.05) is 19.9 Å². The molecular weight excluding hydrogens is 464 g/mol. The normalized spacial score (nSPS) is 12.3. The average Bonchev–Trinajstić information content (AvgIpc) is 2.66. The molecule has 0 radical (unpaired) electrons. The lowest BCUT2D eigenvalue weighted by Crippen LogP contribution is -2.28. The van der Waals surface area contributed by atoms with Crippen LogP contribution in [0.4, 0.5) is 17.6 Å². The van der Waals surface area contributed by atoms with Crippen LogP contribution in [0.2, 0.25) is 5.02 Å². The molecule has 11 heteroatoms. The quantitative estimate of drug-likeness (QED) is 0.208. The molecule has 0 aliphatic rings. The molecule has 2 aromatic carbocycles. The van der Waals surface area contributed by atoms with E-state index in [1.165, 1.54) is 14.0 Å². The molecule has 5 nitrogen and oxygen atoms in total. The van der Waals surface area contributed by atoms with Gasteiger partial charge in [0.25, 0.3) is 0 Å². The minimum absolute atomic E-state index is 0.0670. The predicted octanol–water partition coefficient (Wildman–Crippen LogP) is 5.71. The highest BCUT2D eigenvalue weighted by Gasteiger charge is 2.49. The van der Waals surface area contributed by atoms with Crippen LogP contribution < -0.4 is 8.92 Å². The third-order valence-electron chi connectivity index (χ3n) is 4.44. The van der Waals surface area contributed by atoms with E-state index in [1.54, 1.807) is 12.1 Å². The van der Waals surface area contributed by atoms with Gasteiger partial charge < -0.3 is 13.7 Å². The van der Waals surface area contributed by atoms with E-state index in [-0.39, 0.29) is 35.3 Å².